The van der Waals surface area contributed by atoms with Gasteiger partial charge in [0.05, 0.1) is 19.2 Å². The molecule has 0 fully saturated rings. The molecule has 3 rings (SSSR count). The second-order valence-corrected chi connectivity index (χ2v) is 5.51. The number of hydrogen-bond donors (Lipinski definition) is 1. The number of halogens is 1. The number of H-pyrrole nitrogens is 1. The third-order valence-corrected chi connectivity index (χ3v) is 4.20. The Hall–Kier alpha value is -2.72. The molecule has 1 aromatic heterocycles. The molecule has 0 saturated carbocycles. The lowest BCUT2D eigenvalue weighted by atomic mass is 9.96. The Morgan fingerprint density at radius 3 is 2.27 bits per heavy atom. The van der Waals surface area contributed by atoms with Crippen molar-refractivity contribution in [3.63, 3.8) is 0 Å². The van der Waals surface area contributed by atoms with Crippen LogP contribution in [-0.4, -0.2) is 25.2 Å². The normalized spacial score (nSPS) is 9.88. The van der Waals surface area contributed by atoms with Crippen LogP contribution in [0.5, 0.6) is 5.75 Å². The fourth-order valence-corrected chi connectivity index (χ4v) is 2.98. The van der Waals surface area contributed by atoms with Gasteiger partial charge in [-0.2, -0.15) is 0 Å². The molecule has 0 aliphatic heterocycles. The Balaban J connectivity index is 0.00000117. The average molecular weight is 372 g/mol. The van der Waals surface area contributed by atoms with Crippen LogP contribution in [0.4, 0.5) is 0 Å². The van der Waals surface area contributed by atoms with Gasteiger partial charge in [-0.25, -0.2) is 4.79 Å². The Morgan fingerprint density at radius 1 is 0.962 bits per heavy atom. The molecule has 0 unspecified atom stereocenters. The van der Waals surface area contributed by atoms with Gasteiger partial charge in [0.25, 0.3) is 0 Å². The first kappa shape index (κ1) is 19.6. The van der Waals surface area contributed by atoms with E-state index in [4.69, 9.17) is 21.1 Å². The molecular weight excluding hydrogens is 350 g/mol. The lowest BCUT2D eigenvalue weighted by molar-refractivity contribution is 0.0596. The molecule has 2 aromatic carbocycles. The van der Waals surface area contributed by atoms with Crippen molar-refractivity contribution in [2.45, 2.75) is 13.8 Å². The van der Waals surface area contributed by atoms with Crippen LogP contribution in [0.3, 0.4) is 0 Å². The highest BCUT2D eigenvalue weighted by atomic mass is 35.5. The highest BCUT2D eigenvalue weighted by Gasteiger charge is 2.22. The van der Waals surface area contributed by atoms with Crippen molar-refractivity contribution in [1.29, 1.82) is 0 Å². The molecule has 4 nitrogen and oxygen atoms in total. The van der Waals surface area contributed by atoms with Crippen LogP contribution in [0.25, 0.3) is 22.3 Å². The smallest absolute Gasteiger partial charge is 0.355 e. The Bertz CT molecular complexity index is 872. The number of rotatable bonds is 4. The molecule has 0 saturated heterocycles. The van der Waals surface area contributed by atoms with E-state index in [-0.39, 0.29) is 0 Å². The van der Waals surface area contributed by atoms with Gasteiger partial charge in [0.2, 0.25) is 0 Å². The lowest BCUT2D eigenvalue weighted by Crippen LogP contribution is -2.03. The summed E-state index contributed by atoms with van der Waals surface area (Å²) >= 11 is 6.47. The number of carbonyl (C=O) groups is 1. The van der Waals surface area contributed by atoms with Crippen LogP contribution in [0.2, 0.25) is 5.02 Å². The molecule has 1 N–H and O–H groups in total. The zero-order valence-corrected chi connectivity index (χ0v) is 16.1. The Kier molecular flexibility index (Phi) is 6.87. The Morgan fingerprint density at radius 2 is 1.65 bits per heavy atom. The van der Waals surface area contributed by atoms with Crippen molar-refractivity contribution in [3.8, 4) is 28.0 Å². The van der Waals surface area contributed by atoms with E-state index in [1.165, 1.54) is 7.11 Å². The monoisotopic (exact) mass is 371 g/mol. The first-order chi connectivity index (χ1) is 12.7. The maximum atomic E-state index is 12.1. The van der Waals surface area contributed by atoms with Crippen LogP contribution >= 0.6 is 11.6 Å². The average Bonchev–Trinajstić information content (AvgIpc) is 3.14. The van der Waals surface area contributed by atoms with Crippen molar-refractivity contribution in [3.05, 3.63) is 65.4 Å². The van der Waals surface area contributed by atoms with E-state index in [1.54, 1.807) is 19.4 Å². The molecule has 0 atom stereocenters. The maximum Gasteiger partial charge on any atom is 0.355 e. The van der Waals surface area contributed by atoms with E-state index in [0.717, 1.165) is 22.3 Å². The predicted molar refractivity (Wildman–Crippen MR) is 106 cm³/mol. The minimum Gasteiger partial charge on any atom is -0.495 e. The van der Waals surface area contributed by atoms with Crippen molar-refractivity contribution in [2.75, 3.05) is 14.2 Å². The number of aromatic amines is 1. The van der Waals surface area contributed by atoms with Gasteiger partial charge in [-0.15, -0.1) is 0 Å². The predicted octanol–water partition coefficient (Wildman–Crippen LogP) is 5.82. The van der Waals surface area contributed by atoms with Gasteiger partial charge in [-0.3, -0.25) is 0 Å². The topological polar surface area (TPSA) is 51.3 Å². The zero-order valence-electron chi connectivity index (χ0n) is 15.3. The number of hydrogen-bond acceptors (Lipinski definition) is 3. The molecule has 3 aromatic rings. The van der Waals surface area contributed by atoms with Crippen molar-refractivity contribution >= 4 is 17.6 Å². The van der Waals surface area contributed by atoms with E-state index in [0.29, 0.717) is 16.5 Å². The van der Waals surface area contributed by atoms with Gasteiger partial charge >= 0.3 is 5.97 Å². The van der Waals surface area contributed by atoms with Crippen LogP contribution < -0.4 is 4.74 Å². The van der Waals surface area contributed by atoms with Gasteiger partial charge in [-0.1, -0.05) is 67.9 Å². The van der Waals surface area contributed by atoms with Gasteiger partial charge in [0.1, 0.15) is 11.4 Å². The fourth-order valence-electron chi connectivity index (χ4n) is 2.68. The summed E-state index contributed by atoms with van der Waals surface area (Å²) in [5.74, 6) is 0.146. The molecular formula is C21H22ClNO3. The van der Waals surface area contributed by atoms with Gasteiger partial charge in [0, 0.05) is 22.9 Å². The molecule has 0 bridgehead atoms. The zero-order chi connectivity index (χ0) is 19.1. The highest BCUT2D eigenvalue weighted by molar-refractivity contribution is 6.35. The van der Waals surface area contributed by atoms with Crippen molar-refractivity contribution in [1.82, 2.24) is 4.98 Å². The largest absolute Gasteiger partial charge is 0.495 e. The summed E-state index contributed by atoms with van der Waals surface area (Å²) in [5, 5.41) is 0.493. The minimum atomic E-state index is -0.431. The number of aromatic nitrogens is 1. The van der Waals surface area contributed by atoms with Crippen LogP contribution in [0.15, 0.2) is 54.7 Å². The van der Waals surface area contributed by atoms with Crippen molar-refractivity contribution in [2.24, 2.45) is 0 Å². The summed E-state index contributed by atoms with van der Waals surface area (Å²) in [7, 11) is 2.93. The van der Waals surface area contributed by atoms with Crippen LogP contribution in [-0.2, 0) is 4.74 Å². The third kappa shape index (κ3) is 3.75. The Labute approximate surface area is 158 Å². The second kappa shape index (κ2) is 9.11. The number of benzene rings is 2. The maximum absolute atomic E-state index is 12.1. The summed E-state index contributed by atoms with van der Waals surface area (Å²) in [6.07, 6.45) is 1.76. The minimum absolute atomic E-state index is 0.387. The molecule has 1 heterocycles. The summed E-state index contributed by atoms with van der Waals surface area (Å²) in [6, 6.07) is 15.2. The lowest BCUT2D eigenvalue weighted by Gasteiger charge is -2.11. The van der Waals surface area contributed by atoms with E-state index >= 15 is 0 Å². The standard InChI is InChI=1S/C19H16ClNO3.C2H6/c1-23-15-10-6-9-13(17(15)20)14-11-21-18(19(22)24-2)16(14)12-7-4-3-5-8-12;1-2/h3-11,21H,1-2H3;1-2H3. The number of methoxy groups -OCH3 is 2. The molecule has 136 valence electrons. The van der Waals surface area contributed by atoms with Crippen LogP contribution in [0, 0.1) is 0 Å². The second-order valence-electron chi connectivity index (χ2n) is 5.13. The van der Waals surface area contributed by atoms with E-state index in [1.807, 2.05) is 56.3 Å². The van der Waals surface area contributed by atoms with Gasteiger partial charge < -0.3 is 14.5 Å². The molecule has 0 spiro atoms. The first-order valence-electron chi connectivity index (χ1n) is 8.35. The SMILES string of the molecule is CC.COC(=O)c1[nH]cc(-c2cccc(OC)c2Cl)c1-c1ccccc1. The molecule has 0 amide bonds. The van der Waals surface area contributed by atoms with Crippen LogP contribution in [0.1, 0.15) is 24.3 Å². The molecule has 0 radical (unpaired) electrons. The quantitative estimate of drug-likeness (QED) is 0.587. The number of esters is 1. The van der Waals surface area contributed by atoms with E-state index in [9.17, 15) is 4.79 Å². The molecule has 0 aliphatic rings. The first-order valence-corrected chi connectivity index (χ1v) is 8.73. The number of carbonyl (C=O) groups excluding carboxylic acids is 1. The molecule has 5 heteroatoms. The highest BCUT2D eigenvalue weighted by Crippen LogP contribution is 2.41. The third-order valence-electron chi connectivity index (χ3n) is 3.81. The summed E-state index contributed by atoms with van der Waals surface area (Å²) in [6.45, 7) is 4.00. The van der Waals surface area contributed by atoms with Gasteiger partial charge in [0.15, 0.2) is 0 Å². The molecule has 26 heavy (non-hydrogen) atoms. The summed E-state index contributed by atoms with van der Waals surface area (Å²) < 4.78 is 10.2. The van der Waals surface area contributed by atoms with E-state index in [2.05, 4.69) is 4.98 Å². The summed E-state index contributed by atoms with van der Waals surface area (Å²) in [4.78, 5) is 15.2. The molecule has 0 aliphatic carbocycles. The number of nitrogens with one attached hydrogen (secondary N) is 1. The number of ether oxygens (including phenoxy) is 2. The van der Waals surface area contributed by atoms with Gasteiger partial charge in [-0.05, 0) is 11.6 Å². The van der Waals surface area contributed by atoms with E-state index < -0.39 is 5.97 Å². The fraction of sp³-hybridized carbons (Fsp3) is 0.190. The summed E-state index contributed by atoms with van der Waals surface area (Å²) in [5.41, 5.74) is 3.62. The van der Waals surface area contributed by atoms with Crippen molar-refractivity contribution < 1.29 is 14.3 Å².